The third-order valence-corrected chi connectivity index (χ3v) is 4.56. The van der Waals surface area contributed by atoms with Gasteiger partial charge in [-0.25, -0.2) is 0 Å². The molecule has 2 aromatic carbocycles. The van der Waals surface area contributed by atoms with Crippen molar-refractivity contribution >= 4 is 11.6 Å². The van der Waals surface area contributed by atoms with Crippen LogP contribution in [0.3, 0.4) is 0 Å². The molecule has 1 N–H and O–H groups in total. The van der Waals surface area contributed by atoms with Gasteiger partial charge in [0.05, 0.1) is 30.3 Å². The van der Waals surface area contributed by atoms with E-state index < -0.39 is 0 Å². The van der Waals surface area contributed by atoms with Crippen LogP contribution in [0, 0.1) is 0 Å². The maximum atomic E-state index is 12.5. The molecule has 0 unspecified atom stereocenters. The van der Waals surface area contributed by atoms with Crippen LogP contribution in [0.1, 0.15) is 10.5 Å². The first-order valence-electron chi connectivity index (χ1n) is 9.45. The molecule has 150 valence electrons. The van der Waals surface area contributed by atoms with Gasteiger partial charge in [0.15, 0.2) is 23.3 Å². The first-order valence-corrected chi connectivity index (χ1v) is 9.45. The Morgan fingerprint density at radius 2 is 1.83 bits per heavy atom. The van der Waals surface area contributed by atoms with Crippen LogP contribution < -0.4 is 14.8 Å². The lowest BCUT2D eigenvalue weighted by Gasteiger charge is -2.26. The Morgan fingerprint density at radius 3 is 2.70 bits per heavy atom. The Labute approximate surface area is 171 Å². The van der Waals surface area contributed by atoms with Crippen LogP contribution in [0.25, 0.3) is 5.69 Å². The molecule has 9 heteroatoms. The van der Waals surface area contributed by atoms with E-state index in [4.69, 9.17) is 9.47 Å². The monoisotopic (exact) mass is 402 g/mol. The summed E-state index contributed by atoms with van der Waals surface area (Å²) in [5.41, 5.74) is 1.55. The minimum Gasteiger partial charge on any atom is -0.486 e. The first kappa shape index (κ1) is 17.9. The SMILES string of the molecule is O=C(Nc1cnn(C[C@@H]2COc3ccccc3O2)c1)c1cnn(-c2ccccc2)n1. The Bertz CT molecular complexity index is 1170. The lowest BCUT2D eigenvalue weighted by molar-refractivity contribution is 0.0759. The number of carbonyl (C=O) groups is 1. The fourth-order valence-electron chi connectivity index (χ4n) is 3.14. The van der Waals surface area contributed by atoms with E-state index in [1.807, 2.05) is 54.6 Å². The van der Waals surface area contributed by atoms with Crippen LogP contribution in [0.4, 0.5) is 5.69 Å². The molecule has 1 aliphatic heterocycles. The molecule has 1 aliphatic rings. The summed E-state index contributed by atoms with van der Waals surface area (Å²) in [6.45, 7) is 0.926. The van der Waals surface area contributed by atoms with Gasteiger partial charge in [0.1, 0.15) is 6.61 Å². The second kappa shape index (κ2) is 7.70. The summed E-state index contributed by atoms with van der Waals surface area (Å²) in [4.78, 5) is 13.9. The zero-order valence-corrected chi connectivity index (χ0v) is 15.9. The van der Waals surface area contributed by atoms with Crippen LogP contribution in [-0.4, -0.2) is 43.4 Å². The van der Waals surface area contributed by atoms with Crippen LogP contribution in [0.5, 0.6) is 11.5 Å². The van der Waals surface area contributed by atoms with Gasteiger partial charge in [-0.05, 0) is 24.3 Å². The number of nitrogens with one attached hydrogen (secondary N) is 1. The quantitative estimate of drug-likeness (QED) is 0.551. The van der Waals surface area contributed by atoms with Crippen molar-refractivity contribution in [2.24, 2.45) is 0 Å². The molecular formula is C21H18N6O3. The molecule has 9 nitrogen and oxygen atoms in total. The number of nitrogens with zero attached hydrogens (tertiary/aromatic N) is 5. The highest BCUT2D eigenvalue weighted by Gasteiger charge is 2.21. The molecule has 0 fully saturated rings. The molecule has 30 heavy (non-hydrogen) atoms. The molecule has 4 aromatic rings. The van der Waals surface area contributed by atoms with Crippen molar-refractivity contribution in [2.45, 2.75) is 12.6 Å². The summed E-state index contributed by atoms with van der Waals surface area (Å²) in [6, 6.07) is 17.0. The van der Waals surface area contributed by atoms with Gasteiger partial charge in [-0.3, -0.25) is 9.48 Å². The highest BCUT2D eigenvalue weighted by atomic mass is 16.6. The van der Waals surface area contributed by atoms with Crippen molar-refractivity contribution < 1.29 is 14.3 Å². The molecule has 0 spiro atoms. The predicted octanol–water partition coefficient (Wildman–Crippen LogP) is 2.56. The zero-order valence-electron chi connectivity index (χ0n) is 15.9. The minimum absolute atomic E-state index is 0.172. The molecule has 0 aliphatic carbocycles. The smallest absolute Gasteiger partial charge is 0.277 e. The molecule has 0 bridgehead atoms. The van der Waals surface area contributed by atoms with Crippen molar-refractivity contribution in [2.75, 3.05) is 11.9 Å². The molecular weight excluding hydrogens is 384 g/mol. The minimum atomic E-state index is -0.358. The van der Waals surface area contributed by atoms with E-state index in [2.05, 4.69) is 20.6 Å². The van der Waals surface area contributed by atoms with E-state index in [1.165, 1.54) is 11.0 Å². The molecule has 0 radical (unpaired) electrons. The summed E-state index contributed by atoms with van der Waals surface area (Å²) in [5.74, 6) is 1.10. The summed E-state index contributed by atoms with van der Waals surface area (Å²) < 4.78 is 13.4. The van der Waals surface area contributed by atoms with Gasteiger partial charge in [0, 0.05) is 6.20 Å². The van der Waals surface area contributed by atoms with Gasteiger partial charge in [0.2, 0.25) is 0 Å². The third-order valence-electron chi connectivity index (χ3n) is 4.56. The second-order valence-corrected chi connectivity index (χ2v) is 6.76. The van der Waals surface area contributed by atoms with E-state index in [0.717, 1.165) is 17.2 Å². The second-order valence-electron chi connectivity index (χ2n) is 6.76. The number of benzene rings is 2. The lowest BCUT2D eigenvalue weighted by atomic mass is 10.2. The van der Waals surface area contributed by atoms with E-state index in [9.17, 15) is 4.79 Å². The topological polar surface area (TPSA) is 96.1 Å². The maximum Gasteiger partial charge on any atom is 0.277 e. The normalized spacial score (nSPS) is 15.0. The molecule has 0 saturated carbocycles. The van der Waals surface area contributed by atoms with E-state index in [1.54, 1.807) is 17.1 Å². The Balaban J connectivity index is 1.21. The van der Waals surface area contributed by atoms with Gasteiger partial charge in [-0.15, -0.1) is 5.10 Å². The Hall–Kier alpha value is -4.14. The number of hydrogen-bond donors (Lipinski definition) is 1. The highest BCUT2D eigenvalue weighted by Crippen LogP contribution is 2.31. The van der Waals surface area contributed by atoms with Crippen molar-refractivity contribution in [1.82, 2.24) is 24.8 Å². The summed E-state index contributed by atoms with van der Waals surface area (Å²) in [6.07, 6.45) is 4.58. The van der Waals surface area contributed by atoms with E-state index in [-0.39, 0.29) is 17.7 Å². The van der Waals surface area contributed by atoms with Crippen LogP contribution in [-0.2, 0) is 6.54 Å². The van der Waals surface area contributed by atoms with Gasteiger partial charge in [-0.2, -0.15) is 15.0 Å². The molecule has 0 saturated heterocycles. The molecule has 1 atom stereocenters. The Kier molecular flexibility index (Phi) is 4.60. The first-order chi connectivity index (χ1) is 14.7. The van der Waals surface area contributed by atoms with Gasteiger partial charge in [-0.1, -0.05) is 30.3 Å². The number of hydrogen-bond acceptors (Lipinski definition) is 6. The standard InChI is InChI=1S/C21H18N6O3/c28-21(18-11-23-27(25-18)16-6-2-1-3-7-16)24-15-10-22-26(12-15)13-17-14-29-19-8-4-5-9-20(19)30-17/h1-12,17H,13-14H2,(H,24,28)/t17-/m1/s1. The number of para-hydroxylation sites is 3. The highest BCUT2D eigenvalue weighted by molar-refractivity contribution is 6.02. The average molecular weight is 402 g/mol. The zero-order chi connectivity index (χ0) is 20.3. The maximum absolute atomic E-state index is 12.5. The van der Waals surface area contributed by atoms with Crippen molar-refractivity contribution in [3.8, 4) is 17.2 Å². The van der Waals surface area contributed by atoms with Gasteiger partial charge >= 0.3 is 0 Å². The lowest BCUT2D eigenvalue weighted by Crippen LogP contribution is -2.33. The van der Waals surface area contributed by atoms with Crippen LogP contribution in [0.2, 0.25) is 0 Å². The van der Waals surface area contributed by atoms with Crippen LogP contribution in [0.15, 0.2) is 73.2 Å². The predicted molar refractivity (Wildman–Crippen MR) is 108 cm³/mol. The molecule has 3 heterocycles. The van der Waals surface area contributed by atoms with Crippen molar-refractivity contribution in [3.63, 3.8) is 0 Å². The number of aromatic nitrogens is 5. The summed E-state index contributed by atoms with van der Waals surface area (Å²) >= 11 is 0. The summed E-state index contributed by atoms with van der Waals surface area (Å²) in [5, 5.41) is 15.4. The largest absolute Gasteiger partial charge is 0.486 e. The van der Waals surface area contributed by atoms with Gasteiger partial charge < -0.3 is 14.8 Å². The number of amides is 1. The Morgan fingerprint density at radius 1 is 1.03 bits per heavy atom. The number of carbonyl (C=O) groups excluding carboxylic acids is 1. The van der Waals surface area contributed by atoms with E-state index >= 15 is 0 Å². The number of anilines is 1. The average Bonchev–Trinajstić information content (AvgIpc) is 3.44. The molecule has 1 amide bonds. The fraction of sp³-hybridized carbons (Fsp3) is 0.143. The number of ether oxygens (including phenoxy) is 2. The molecule has 5 rings (SSSR count). The van der Waals surface area contributed by atoms with Crippen LogP contribution >= 0.6 is 0 Å². The fourth-order valence-corrected chi connectivity index (χ4v) is 3.14. The third kappa shape index (κ3) is 3.72. The molecule has 2 aromatic heterocycles. The number of fused-ring (bicyclic) bond motifs is 1. The van der Waals surface area contributed by atoms with Gasteiger partial charge in [0.25, 0.3) is 5.91 Å². The van der Waals surface area contributed by atoms with Crippen molar-refractivity contribution in [1.29, 1.82) is 0 Å². The number of rotatable bonds is 5. The van der Waals surface area contributed by atoms with Crippen molar-refractivity contribution in [3.05, 3.63) is 78.9 Å². The summed E-state index contributed by atoms with van der Waals surface area (Å²) in [7, 11) is 0. The van der Waals surface area contributed by atoms with E-state index in [0.29, 0.717) is 18.8 Å².